The lowest BCUT2D eigenvalue weighted by Gasteiger charge is -2.51. The van der Waals surface area contributed by atoms with E-state index in [-0.39, 0.29) is 24.3 Å². The fourth-order valence-corrected chi connectivity index (χ4v) is 6.23. The number of carbonyl (C=O) groups is 2. The number of H-pyrrole nitrogens is 1. The van der Waals surface area contributed by atoms with Crippen molar-refractivity contribution in [1.29, 1.82) is 0 Å². The van der Waals surface area contributed by atoms with Crippen LogP contribution in [0.3, 0.4) is 0 Å². The van der Waals surface area contributed by atoms with Gasteiger partial charge in [-0.2, -0.15) is 0 Å². The summed E-state index contributed by atoms with van der Waals surface area (Å²) in [5, 5.41) is 1.04. The quantitative estimate of drug-likeness (QED) is 0.417. The minimum absolute atomic E-state index is 0.0584. The number of benzene rings is 3. The van der Waals surface area contributed by atoms with Crippen LogP contribution in [0.25, 0.3) is 10.9 Å². The average Bonchev–Trinajstić information content (AvgIpc) is 3.35. The number of aromatic amines is 1. The number of amides is 2. The van der Waals surface area contributed by atoms with Crippen LogP contribution < -0.4 is 9.47 Å². The molecule has 3 aromatic carbocycles. The first-order chi connectivity index (χ1) is 18.5. The SMILES string of the molecule is COc1cccc(C2CN3C(=O)CN(CCc4ccccc4)C(=O)[C@]3(C)c3[nH]c4ccccc4c32)c1OC. The molecule has 1 unspecified atom stereocenters. The summed E-state index contributed by atoms with van der Waals surface area (Å²) in [7, 11) is 3.25. The summed E-state index contributed by atoms with van der Waals surface area (Å²) in [6, 6.07) is 24.0. The van der Waals surface area contributed by atoms with Crippen molar-refractivity contribution in [3.8, 4) is 11.5 Å². The van der Waals surface area contributed by atoms with E-state index < -0.39 is 5.54 Å². The summed E-state index contributed by atoms with van der Waals surface area (Å²) < 4.78 is 11.4. The third-order valence-electron chi connectivity index (χ3n) is 8.14. The van der Waals surface area contributed by atoms with Gasteiger partial charge < -0.3 is 24.3 Å². The second-order valence-electron chi connectivity index (χ2n) is 10.1. The largest absolute Gasteiger partial charge is 0.493 e. The Morgan fingerprint density at radius 1 is 0.947 bits per heavy atom. The van der Waals surface area contributed by atoms with Gasteiger partial charge in [0.2, 0.25) is 5.91 Å². The van der Waals surface area contributed by atoms with Crippen LogP contribution in [-0.4, -0.2) is 60.5 Å². The second-order valence-corrected chi connectivity index (χ2v) is 10.1. The van der Waals surface area contributed by atoms with Crippen LogP contribution in [-0.2, 0) is 21.5 Å². The number of carbonyl (C=O) groups excluding carboxylic acids is 2. The van der Waals surface area contributed by atoms with Gasteiger partial charge in [0.15, 0.2) is 17.0 Å². The van der Waals surface area contributed by atoms with Gasteiger partial charge in [-0.25, -0.2) is 0 Å². The van der Waals surface area contributed by atoms with Gasteiger partial charge in [0.25, 0.3) is 5.91 Å². The van der Waals surface area contributed by atoms with Crippen LogP contribution in [0.2, 0.25) is 0 Å². The number of rotatable bonds is 6. The van der Waals surface area contributed by atoms with Crippen LogP contribution in [0.5, 0.6) is 11.5 Å². The fourth-order valence-electron chi connectivity index (χ4n) is 6.23. The molecule has 2 aliphatic rings. The molecule has 3 heterocycles. The van der Waals surface area contributed by atoms with Crippen LogP contribution in [0.15, 0.2) is 72.8 Å². The monoisotopic (exact) mass is 509 g/mol. The highest BCUT2D eigenvalue weighted by Gasteiger charge is 2.56. The third-order valence-corrected chi connectivity index (χ3v) is 8.14. The molecule has 2 amide bonds. The van der Waals surface area contributed by atoms with Crippen molar-refractivity contribution in [3.05, 3.63) is 95.2 Å². The van der Waals surface area contributed by atoms with E-state index >= 15 is 0 Å². The van der Waals surface area contributed by atoms with Crippen molar-refractivity contribution >= 4 is 22.7 Å². The molecule has 7 nitrogen and oxygen atoms in total. The van der Waals surface area contributed by atoms with Crippen molar-refractivity contribution in [1.82, 2.24) is 14.8 Å². The molecule has 2 atom stereocenters. The number of nitrogens with one attached hydrogen (secondary N) is 1. The lowest BCUT2D eigenvalue weighted by Crippen LogP contribution is -2.67. The van der Waals surface area contributed by atoms with E-state index in [4.69, 9.17) is 9.47 Å². The molecular weight excluding hydrogens is 478 g/mol. The number of nitrogens with zero attached hydrogens (tertiary/aromatic N) is 2. The van der Waals surface area contributed by atoms with E-state index in [1.807, 2.05) is 73.7 Å². The maximum atomic E-state index is 14.2. The molecule has 0 spiro atoms. The highest BCUT2D eigenvalue weighted by molar-refractivity contribution is 6.01. The maximum Gasteiger partial charge on any atom is 0.254 e. The first kappa shape index (κ1) is 24.1. The predicted molar refractivity (Wildman–Crippen MR) is 145 cm³/mol. The summed E-state index contributed by atoms with van der Waals surface area (Å²) in [4.78, 5) is 35.0. The zero-order valence-corrected chi connectivity index (χ0v) is 21.9. The zero-order valence-electron chi connectivity index (χ0n) is 21.9. The third kappa shape index (κ3) is 3.56. The van der Waals surface area contributed by atoms with Crippen LogP contribution in [0.1, 0.15) is 35.2 Å². The van der Waals surface area contributed by atoms with E-state index in [1.54, 1.807) is 24.0 Å². The number of ether oxygens (including phenoxy) is 2. The zero-order chi connectivity index (χ0) is 26.4. The molecule has 4 aromatic rings. The Morgan fingerprint density at radius 2 is 1.71 bits per heavy atom. The van der Waals surface area contributed by atoms with Gasteiger partial charge in [0, 0.05) is 35.5 Å². The number of hydrogen-bond acceptors (Lipinski definition) is 4. The number of piperazine rings is 1. The molecule has 1 N–H and O–H groups in total. The number of para-hydroxylation sites is 2. The Balaban J connectivity index is 1.48. The van der Waals surface area contributed by atoms with Gasteiger partial charge in [-0.3, -0.25) is 9.59 Å². The number of methoxy groups -OCH3 is 2. The molecular formula is C31H31N3O4. The molecule has 6 rings (SSSR count). The van der Waals surface area contributed by atoms with E-state index in [1.165, 1.54) is 0 Å². The molecule has 1 fully saturated rings. The molecule has 2 aliphatic heterocycles. The Kier molecular flexibility index (Phi) is 5.86. The Labute approximate surface area is 222 Å². The molecule has 0 saturated carbocycles. The first-order valence-corrected chi connectivity index (χ1v) is 12.9. The van der Waals surface area contributed by atoms with E-state index in [0.29, 0.717) is 31.0 Å². The Bertz CT molecular complexity index is 1530. The van der Waals surface area contributed by atoms with Gasteiger partial charge in [0.05, 0.1) is 26.5 Å². The fraction of sp³-hybridized carbons (Fsp3) is 0.290. The summed E-state index contributed by atoms with van der Waals surface area (Å²) in [6.45, 7) is 2.81. The number of hydrogen-bond donors (Lipinski definition) is 1. The molecule has 194 valence electrons. The molecule has 38 heavy (non-hydrogen) atoms. The van der Waals surface area contributed by atoms with E-state index in [0.717, 1.165) is 33.3 Å². The Hall–Kier alpha value is -4.26. The summed E-state index contributed by atoms with van der Waals surface area (Å²) in [5.41, 5.74) is 3.66. The van der Waals surface area contributed by atoms with Crippen molar-refractivity contribution in [2.75, 3.05) is 33.9 Å². The second kappa shape index (κ2) is 9.24. The highest BCUT2D eigenvalue weighted by atomic mass is 16.5. The summed E-state index contributed by atoms with van der Waals surface area (Å²) in [5.74, 6) is 0.952. The maximum absolute atomic E-state index is 14.2. The van der Waals surface area contributed by atoms with Gasteiger partial charge in [-0.15, -0.1) is 0 Å². The van der Waals surface area contributed by atoms with Crippen LogP contribution in [0, 0.1) is 0 Å². The first-order valence-electron chi connectivity index (χ1n) is 12.9. The molecule has 0 bridgehead atoms. The van der Waals surface area contributed by atoms with Crippen molar-refractivity contribution in [2.45, 2.75) is 24.8 Å². The minimum atomic E-state index is -1.14. The number of fused-ring (bicyclic) bond motifs is 5. The lowest BCUT2D eigenvalue weighted by molar-refractivity contribution is -0.166. The van der Waals surface area contributed by atoms with Crippen molar-refractivity contribution in [2.24, 2.45) is 0 Å². The van der Waals surface area contributed by atoms with Gasteiger partial charge in [0.1, 0.15) is 0 Å². The van der Waals surface area contributed by atoms with E-state index in [9.17, 15) is 9.59 Å². The molecule has 1 aromatic heterocycles. The lowest BCUT2D eigenvalue weighted by atomic mass is 9.76. The summed E-state index contributed by atoms with van der Waals surface area (Å²) >= 11 is 0. The molecule has 7 heteroatoms. The topological polar surface area (TPSA) is 74.9 Å². The van der Waals surface area contributed by atoms with E-state index in [2.05, 4.69) is 11.1 Å². The molecule has 0 aliphatic carbocycles. The Morgan fingerprint density at radius 3 is 2.47 bits per heavy atom. The van der Waals surface area contributed by atoms with Crippen molar-refractivity contribution < 1.29 is 19.1 Å². The molecule has 0 radical (unpaired) electrons. The van der Waals surface area contributed by atoms with Crippen molar-refractivity contribution in [3.63, 3.8) is 0 Å². The predicted octanol–water partition coefficient (Wildman–Crippen LogP) is 4.46. The van der Waals surface area contributed by atoms with Crippen LogP contribution in [0.4, 0.5) is 0 Å². The number of aromatic nitrogens is 1. The standard InChI is InChI=1S/C31H31N3O4/c1-31-29-27(22-12-7-8-14-24(22)32-29)23(21-13-9-15-25(37-2)28(21)38-3)18-34(31)26(35)19-33(30(31)36)17-16-20-10-5-4-6-11-20/h4-15,23,32H,16-19H2,1-3H3/t23?,31-/m0/s1. The van der Waals surface area contributed by atoms with Crippen LogP contribution >= 0.6 is 0 Å². The highest BCUT2D eigenvalue weighted by Crippen LogP contribution is 2.50. The minimum Gasteiger partial charge on any atom is -0.493 e. The van der Waals surface area contributed by atoms with Gasteiger partial charge in [-0.1, -0.05) is 60.7 Å². The van der Waals surface area contributed by atoms with Gasteiger partial charge in [-0.05, 0) is 36.6 Å². The summed E-state index contributed by atoms with van der Waals surface area (Å²) in [6.07, 6.45) is 0.694. The van der Waals surface area contributed by atoms with Gasteiger partial charge >= 0.3 is 0 Å². The average molecular weight is 510 g/mol. The smallest absolute Gasteiger partial charge is 0.254 e. The molecule has 1 saturated heterocycles. The normalized spacial score (nSPS) is 20.9.